The highest BCUT2D eigenvalue weighted by Gasteiger charge is 2.15. The molecule has 2 aromatic rings. The Kier molecular flexibility index (Phi) is 4.24. The van der Waals surface area contributed by atoms with Crippen LogP contribution in [0.5, 0.6) is 0 Å². The highest BCUT2D eigenvalue weighted by atomic mass is 32.2. The number of hydrogen-bond donors (Lipinski definition) is 1. The molecule has 0 aliphatic rings. The monoisotopic (exact) mass is 305 g/mol. The number of nitriles is 1. The molecule has 0 unspecified atom stereocenters. The van der Waals surface area contributed by atoms with Crippen molar-refractivity contribution in [2.24, 2.45) is 0 Å². The van der Waals surface area contributed by atoms with Crippen LogP contribution in [0.3, 0.4) is 0 Å². The molecule has 2 rings (SSSR count). The standard InChI is InChI=1S/C15H9F2NO2S/c1-8-2-3-10(6-11(8)15(19)20)21-14-12(16)4-9(7-18)5-13(14)17/h2-6H,1H3,(H,19,20). The average Bonchev–Trinajstić information content (AvgIpc) is 2.43. The lowest BCUT2D eigenvalue weighted by Crippen LogP contribution is -1.99. The first-order valence-electron chi connectivity index (χ1n) is 5.83. The summed E-state index contributed by atoms with van der Waals surface area (Å²) in [5.41, 5.74) is 0.534. The van der Waals surface area contributed by atoms with E-state index in [0.717, 1.165) is 23.9 Å². The largest absolute Gasteiger partial charge is 0.478 e. The van der Waals surface area contributed by atoms with E-state index in [0.29, 0.717) is 10.5 Å². The summed E-state index contributed by atoms with van der Waals surface area (Å²) in [5.74, 6) is -2.81. The Bertz CT molecular complexity index is 746. The van der Waals surface area contributed by atoms with Gasteiger partial charge in [-0.2, -0.15) is 5.26 Å². The number of carboxylic acids is 1. The van der Waals surface area contributed by atoms with Crippen LogP contribution in [0.2, 0.25) is 0 Å². The zero-order chi connectivity index (χ0) is 15.6. The van der Waals surface area contributed by atoms with Crippen LogP contribution in [0.25, 0.3) is 0 Å². The van der Waals surface area contributed by atoms with Crippen molar-refractivity contribution in [1.82, 2.24) is 0 Å². The quantitative estimate of drug-likeness (QED) is 0.931. The Morgan fingerprint density at radius 1 is 1.24 bits per heavy atom. The van der Waals surface area contributed by atoms with Gasteiger partial charge in [0.15, 0.2) is 0 Å². The molecule has 0 saturated carbocycles. The second-order valence-electron chi connectivity index (χ2n) is 4.26. The molecule has 0 aliphatic carbocycles. The van der Waals surface area contributed by atoms with Crippen molar-refractivity contribution in [2.45, 2.75) is 16.7 Å². The van der Waals surface area contributed by atoms with Gasteiger partial charge >= 0.3 is 5.97 Å². The van der Waals surface area contributed by atoms with Crippen LogP contribution >= 0.6 is 11.8 Å². The fourth-order valence-electron chi connectivity index (χ4n) is 1.73. The zero-order valence-electron chi connectivity index (χ0n) is 10.9. The number of rotatable bonds is 3. The summed E-state index contributed by atoms with van der Waals surface area (Å²) in [4.78, 5) is 11.2. The second-order valence-corrected chi connectivity index (χ2v) is 5.35. The second kappa shape index (κ2) is 5.94. The van der Waals surface area contributed by atoms with Crippen LogP contribution in [0, 0.1) is 29.9 Å². The van der Waals surface area contributed by atoms with Gasteiger partial charge in [0.25, 0.3) is 0 Å². The van der Waals surface area contributed by atoms with E-state index in [2.05, 4.69) is 0 Å². The van der Waals surface area contributed by atoms with Gasteiger partial charge in [-0.15, -0.1) is 0 Å². The summed E-state index contributed by atoms with van der Waals surface area (Å²) in [7, 11) is 0. The van der Waals surface area contributed by atoms with Gasteiger partial charge in [0.2, 0.25) is 0 Å². The molecule has 0 aromatic heterocycles. The van der Waals surface area contributed by atoms with E-state index in [-0.39, 0.29) is 16.0 Å². The fraction of sp³-hybridized carbons (Fsp3) is 0.0667. The summed E-state index contributed by atoms with van der Waals surface area (Å²) in [6.07, 6.45) is 0. The zero-order valence-corrected chi connectivity index (χ0v) is 11.7. The number of carbonyl (C=O) groups is 1. The van der Waals surface area contributed by atoms with Gasteiger partial charge in [-0.1, -0.05) is 17.8 Å². The average molecular weight is 305 g/mol. The van der Waals surface area contributed by atoms with E-state index >= 15 is 0 Å². The van der Waals surface area contributed by atoms with E-state index in [1.807, 2.05) is 0 Å². The summed E-state index contributed by atoms with van der Waals surface area (Å²) in [5, 5.41) is 17.7. The lowest BCUT2D eigenvalue weighted by Gasteiger charge is -2.07. The van der Waals surface area contributed by atoms with Crippen molar-refractivity contribution < 1.29 is 18.7 Å². The molecule has 0 spiro atoms. The predicted octanol–water partition coefficient (Wildman–Crippen LogP) is 3.99. The fourth-order valence-corrected chi connectivity index (χ4v) is 2.60. The first-order chi connectivity index (χ1) is 9.92. The molecule has 3 nitrogen and oxygen atoms in total. The summed E-state index contributed by atoms with van der Waals surface area (Å²) in [6.45, 7) is 1.64. The molecule has 0 saturated heterocycles. The third kappa shape index (κ3) is 3.20. The summed E-state index contributed by atoms with van der Waals surface area (Å²) < 4.78 is 27.6. The molecule has 0 heterocycles. The normalized spacial score (nSPS) is 10.2. The minimum Gasteiger partial charge on any atom is -0.478 e. The molecular formula is C15H9F2NO2S. The van der Waals surface area contributed by atoms with E-state index in [4.69, 9.17) is 10.4 Å². The first-order valence-corrected chi connectivity index (χ1v) is 6.65. The molecule has 0 atom stereocenters. The van der Waals surface area contributed by atoms with Gasteiger partial charge in [-0.25, -0.2) is 13.6 Å². The van der Waals surface area contributed by atoms with Crippen molar-refractivity contribution in [3.05, 3.63) is 58.7 Å². The minimum atomic E-state index is -1.10. The van der Waals surface area contributed by atoms with Gasteiger partial charge < -0.3 is 5.11 Å². The Labute approximate surface area is 123 Å². The van der Waals surface area contributed by atoms with Crippen molar-refractivity contribution in [1.29, 1.82) is 5.26 Å². The third-order valence-electron chi connectivity index (χ3n) is 2.79. The highest BCUT2D eigenvalue weighted by molar-refractivity contribution is 7.99. The molecule has 0 fully saturated rings. The number of halogens is 2. The summed E-state index contributed by atoms with van der Waals surface area (Å²) >= 11 is 0.778. The van der Waals surface area contributed by atoms with Gasteiger partial charge in [-0.3, -0.25) is 0 Å². The van der Waals surface area contributed by atoms with Crippen molar-refractivity contribution in [3.63, 3.8) is 0 Å². The Hall–Kier alpha value is -2.39. The molecule has 2 aromatic carbocycles. The Morgan fingerprint density at radius 3 is 2.38 bits per heavy atom. The van der Waals surface area contributed by atoms with Crippen LogP contribution in [0.4, 0.5) is 8.78 Å². The van der Waals surface area contributed by atoms with E-state index < -0.39 is 17.6 Å². The molecule has 106 valence electrons. The number of carboxylic acid groups (broad SMARTS) is 1. The van der Waals surface area contributed by atoms with Crippen molar-refractivity contribution in [2.75, 3.05) is 0 Å². The molecular weight excluding hydrogens is 296 g/mol. The molecule has 6 heteroatoms. The third-order valence-corrected chi connectivity index (χ3v) is 3.87. The number of hydrogen-bond acceptors (Lipinski definition) is 3. The van der Waals surface area contributed by atoms with E-state index in [1.165, 1.54) is 6.07 Å². The Morgan fingerprint density at radius 2 is 1.86 bits per heavy atom. The SMILES string of the molecule is Cc1ccc(Sc2c(F)cc(C#N)cc2F)cc1C(=O)O. The van der Waals surface area contributed by atoms with Gasteiger partial charge in [0.05, 0.1) is 22.1 Å². The van der Waals surface area contributed by atoms with Crippen LogP contribution in [0.15, 0.2) is 40.1 Å². The first kappa shape index (κ1) is 15.0. The molecule has 0 bridgehead atoms. The number of aryl methyl sites for hydroxylation is 1. The molecule has 1 N–H and O–H groups in total. The maximum Gasteiger partial charge on any atom is 0.335 e. The maximum atomic E-state index is 13.8. The van der Waals surface area contributed by atoms with Crippen molar-refractivity contribution >= 4 is 17.7 Å². The molecule has 0 amide bonds. The van der Waals surface area contributed by atoms with Gasteiger partial charge in [0, 0.05) is 4.90 Å². The molecule has 21 heavy (non-hydrogen) atoms. The van der Waals surface area contributed by atoms with Crippen LogP contribution in [0.1, 0.15) is 21.5 Å². The number of aromatic carboxylic acids is 1. The van der Waals surface area contributed by atoms with Gasteiger partial charge in [-0.05, 0) is 36.8 Å². The highest BCUT2D eigenvalue weighted by Crippen LogP contribution is 2.33. The Balaban J connectivity index is 2.42. The maximum absolute atomic E-state index is 13.8. The predicted molar refractivity (Wildman–Crippen MR) is 73.3 cm³/mol. The molecule has 0 aliphatic heterocycles. The van der Waals surface area contributed by atoms with Crippen LogP contribution in [-0.2, 0) is 0 Å². The van der Waals surface area contributed by atoms with Crippen LogP contribution < -0.4 is 0 Å². The van der Waals surface area contributed by atoms with E-state index in [1.54, 1.807) is 25.1 Å². The smallest absolute Gasteiger partial charge is 0.335 e. The van der Waals surface area contributed by atoms with E-state index in [9.17, 15) is 13.6 Å². The van der Waals surface area contributed by atoms with Gasteiger partial charge in [0.1, 0.15) is 11.6 Å². The van der Waals surface area contributed by atoms with Crippen molar-refractivity contribution in [3.8, 4) is 6.07 Å². The minimum absolute atomic E-state index is 0.0782. The topological polar surface area (TPSA) is 61.1 Å². The van der Waals surface area contributed by atoms with Crippen LogP contribution in [-0.4, -0.2) is 11.1 Å². The number of benzene rings is 2. The summed E-state index contributed by atoms with van der Waals surface area (Å²) in [6, 6.07) is 8.07. The molecule has 0 radical (unpaired) electrons. The lowest BCUT2D eigenvalue weighted by molar-refractivity contribution is 0.0696. The lowest BCUT2D eigenvalue weighted by atomic mass is 10.1. The number of nitrogens with zero attached hydrogens (tertiary/aromatic N) is 1.